The van der Waals surface area contributed by atoms with Crippen molar-refractivity contribution in [1.82, 2.24) is 9.55 Å². The minimum absolute atomic E-state index is 0.0528. The van der Waals surface area contributed by atoms with Crippen molar-refractivity contribution in [2.24, 2.45) is 0 Å². The lowest BCUT2D eigenvalue weighted by Crippen LogP contribution is -2.10. The third-order valence-electron chi connectivity index (χ3n) is 3.57. The second kappa shape index (κ2) is 5.85. The fourth-order valence-corrected chi connectivity index (χ4v) is 2.38. The van der Waals surface area contributed by atoms with Gasteiger partial charge in [0, 0.05) is 18.3 Å². The molecule has 0 unspecified atom stereocenters. The molecule has 110 valence electrons. The lowest BCUT2D eigenvalue weighted by Gasteiger charge is -2.09. The van der Waals surface area contributed by atoms with Crippen LogP contribution in [-0.2, 0) is 0 Å². The van der Waals surface area contributed by atoms with Crippen LogP contribution in [0.4, 0.5) is 5.82 Å². The first kappa shape index (κ1) is 14.1. The first-order chi connectivity index (χ1) is 10.7. The van der Waals surface area contributed by atoms with E-state index in [9.17, 15) is 4.79 Å². The van der Waals surface area contributed by atoms with E-state index >= 15 is 0 Å². The highest BCUT2D eigenvalue weighted by atomic mass is 16.1. The van der Waals surface area contributed by atoms with Gasteiger partial charge in [0.2, 0.25) is 5.78 Å². The molecule has 4 nitrogen and oxygen atoms in total. The predicted molar refractivity (Wildman–Crippen MR) is 87.7 cm³/mol. The summed E-state index contributed by atoms with van der Waals surface area (Å²) < 4.78 is 1.82. The molecule has 0 atom stereocenters. The number of imidazole rings is 1. The van der Waals surface area contributed by atoms with Gasteiger partial charge in [-0.1, -0.05) is 48.0 Å². The number of hydrogen-bond donors (Lipinski definition) is 1. The van der Waals surface area contributed by atoms with Crippen molar-refractivity contribution < 1.29 is 4.79 Å². The molecule has 1 aromatic heterocycles. The summed E-state index contributed by atoms with van der Waals surface area (Å²) in [5, 5.41) is 2.99. The largest absolute Gasteiger partial charge is 0.371 e. The molecule has 3 aromatic rings. The summed E-state index contributed by atoms with van der Waals surface area (Å²) in [6.07, 6.45) is 1.67. The van der Waals surface area contributed by atoms with Crippen molar-refractivity contribution in [3.05, 3.63) is 77.7 Å². The van der Waals surface area contributed by atoms with Crippen molar-refractivity contribution in [3.63, 3.8) is 0 Å². The van der Waals surface area contributed by atoms with Gasteiger partial charge in [-0.15, -0.1) is 0 Å². The van der Waals surface area contributed by atoms with Crippen LogP contribution in [0.1, 0.15) is 21.6 Å². The van der Waals surface area contributed by atoms with Crippen molar-refractivity contribution in [2.45, 2.75) is 6.92 Å². The van der Waals surface area contributed by atoms with Crippen LogP contribution in [0.15, 0.2) is 60.9 Å². The molecule has 0 saturated carbocycles. The van der Waals surface area contributed by atoms with Crippen LogP contribution in [0, 0.1) is 6.92 Å². The normalized spacial score (nSPS) is 10.5. The van der Waals surface area contributed by atoms with Gasteiger partial charge in [0.1, 0.15) is 12.0 Å². The molecule has 1 heterocycles. The molecular formula is C18H17N3O. The molecule has 4 heteroatoms. The van der Waals surface area contributed by atoms with Gasteiger partial charge in [-0.05, 0) is 19.1 Å². The highest BCUT2D eigenvalue weighted by molar-refractivity contribution is 6.11. The zero-order chi connectivity index (χ0) is 15.5. The molecule has 0 fully saturated rings. The summed E-state index contributed by atoms with van der Waals surface area (Å²) in [7, 11) is 1.77. The molecule has 0 spiro atoms. The molecule has 0 saturated heterocycles. The number of aryl methyl sites for hydroxylation is 1. The van der Waals surface area contributed by atoms with Gasteiger partial charge in [-0.3, -0.25) is 9.36 Å². The second-order valence-corrected chi connectivity index (χ2v) is 5.09. The van der Waals surface area contributed by atoms with E-state index in [2.05, 4.69) is 10.3 Å². The van der Waals surface area contributed by atoms with E-state index in [-0.39, 0.29) is 5.78 Å². The maximum Gasteiger partial charge on any atom is 0.213 e. The number of nitrogens with zero attached hydrogens (tertiary/aromatic N) is 2. The van der Waals surface area contributed by atoms with Crippen molar-refractivity contribution in [2.75, 3.05) is 12.4 Å². The number of anilines is 1. The van der Waals surface area contributed by atoms with E-state index in [4.69, 9.17) is 0 Å². The standard InChI is InChI=1S/C18H17N3O/c1-13-8-10-15(11-9-13)21-12-20-18(19-2)16(21)17(22)14-6-4-3-5-7-14/h3-12,19H,1-2H3. The molecule has 0 aliphatic rings. The molecule has 22 heavy (non-hydrogen) atoms. The third kappa shape index (κ3) is 2.51. The average molecular weight is 291 g/mol. The van der Waals surface area contributed by atoms with Crippen LogP contribution in [0.2, 0.25) is 0 Å². The monoisotopic (exact) mass is 291 g/mol. The smallest absolute Gasteiger partial charge is 0.213 e. The predicted octanol–water partition coefficient (Wildman–Crippen LogP) is 3.45. The highest BCUT2D eigenvalue weighted by Crippen LogP contribution is 2.22. The number of carbonyl (C=O) groups is 1. The molecule has 3 rings (SSSR count). The Labute approximate surface area is 129 Å². The molecule has 1 N–H and O–H groups in total. The van der Waals surface area contributed by atoms with Crippen molar-refractivity contribution >= 4 is 11.6 Å². The number of aromatic nitrogens is 2. The summed E-state index contributed by atoms with van der Waals surface area (Å²) in [5.41, 5.74) is 3.28. The Morgan fingerprint density at radius 3 is 2.36 bits per heavy atom. The van der Waals surface area contributed by atoms with Gasteiger partial charge in [-0.25, -0.2) is 4.98 Å². The van der Waals surface area contributed by atoms with Crippen molar-refractivity contribution in [1.29, 1.82) is 0 Å². The Kier molecular flexibility index (Phi) is 3.74. The van der Waals surface area contributed by atoms with Gasteiger partial charge in [-0.2, -0.15) is 0 Å². The quantitative estimate of drug-likeness (QED) is 0.749. The molecule has 0 radical (unpaired) electrons. The van der Waals surface area contributed by atoms with Crippen LogP contribution in [-0.4, -0.2) is 22.4 Å². The Bertz CT molecular complexity index is 789. The van der Waals surface area contributed by atoms with E-state index in [0.717, 1.165) is 5.69 Å². The lowest BCUT2D eigenvalue weighted by molar-refractivity contribution is 0.103. The number of hydrogen-bond acceptors (Lipinski definition) is 3. The Hall–Kier alpha value is -2.88. The number of carbonyl (C=O) groups excluding carboxylic acids is 1. The molecule has 0 aliphatic carbocycles. The topological polar surface area (TPSA) is 46.9 Å². The Balaban J connectivity index is 2.12. The molecule has 0 aliphatic heterocycles. The minimum atomic E-state index is -0.0528. The summed E-state index contributed by atoms with van der Waals surface area (Å²) >= 11 is 0. The molecule has 0 amide bonds. The zero-order valence-electron chi connectivity index (χ0n) is 12.6. The van der Waals surface area contributed by atoms with Gasteiger partial charge in [0.15, 0.2) is 5.82 Å². The van der Waals surface area contributed by atoms with Crippen LogP contribution < -0.4 is 5.32 Å². The van der Waals surface area contributed by atoms with Crippen molar-refractivity contribution in [3.8, 4) is 5.69 Å². The van der Waals surface area contributed by atoms with E-state index in [0.29, 0.717) is 17.1 Å². The van der Waals surface area contributed by atoms with Gasteiger partial charge < -0.3 is 5.32 Å². The first-order valence-electron chi connectivity index (χ1n) is 7.12. The fourth-order valence-electron chi connectivity index (χ4n) is 2.38. The minimum Gasteiger partial charge on any atom is -0.371 e. The summed E-state index contributed by atoms with van der Waals surface area (Å²) in [6.45, 7) is 2.03. The van der Waals surface area contributed by atoms with E-state index in [1.807, 2.05) is 66.1 Å². The van der Waals surface area contributed by atoms with Crippen LogP contribution >= 0.6 is 0 Å². The van der Waals surface area contributed by atoms with Crippen LogP contribution in [0.25, 0.3) is 5.69 Å². The highest BCUT2D eigenvalue weighted by Gasteiger charge is 2.20. The van der Waals surface area contributed by atoms with E-state index in [1.165, 1.54) is 5.56 Å². The SMILES string of the molecule is CNc1ncn(-c2ccc(C)cc2)c1C(=O)c1ccccc1. The lowest BCUT2D eigenvalue weighted by atomic mass is 10.1. The third-order valence-corrected chi connectivity index (χ3v) is 3.57. The number of nitrogens with one attached hydrogen (secondary N) is 1. The molecular weight excluding hydrogens is 274 g/mol. The number of ketones is 1. The maximum absolute atomic E-state index is 12.8. The first-order valence-corrected chi connectivity index (χ1v) is 7.12. The molecule has 0 bridgehead atoms. The second-order valence-electron chi connectivity index (χ2n) is 5.09. The van der Waals surface area contributed by atoms with Crippen LogP contribution in [0.5, 0.6) is 0 Å². The van der Waals surface area contributed by atoms with Gasteiger partial charge >= 0.3 is 0 Å². The maximum atomic E-state index is 12.8. The van der Waals surface area contributed by atoms with E-state index < -0.39 is 0 Å². The Morgan fingerprint density at radius 2 is 1.73 bits per heavy atom. The zero-order valence-corrected chi connectivity index (χ0v) is 12.6. The van der Waals surface area contributed by atoms with E-state index in [1.54, 1.807) is 13.4 Å². The fraction of sp³-hybridized carbons (Fsp3) is 0.111. The van der Waals surface area contributed by atoms with Gasteiger partial charge in [0.25, 0.3) is 0 Å². The van der Waals surface area contributed by atoms with Gasteiger partial charge in [0.05, 0.1) is 0 Å². The average Bonchev–Trinajstić information content (AvgIpc) is 2.99. The number of rotatable bonds is 4. The van der Waals surface area contributed by atoms with Crippen LogP contribution in [0.3, 0.4) is 0 Å². The number of benzene rings is 2. The summed E-state index contributed by atoms with van der Waals surface area (Å²) in [6, 6.07) is 17.3. The Morgan fingerprint density at radius 1 is 1.05 bits per heavy atom. The summed E-state index contributed by atoms with van der Waals surface area (Å²) in [5.74, 6) is 0.525. The summed E-state index contributed by atoms with van der Waals surface area (Å²) in [4.78, 5) is 17.2. The molecule has 2 aromatic carbocycles.